The quantitative estimate of drug-likeness (QED) is 0.408. The highest BCUT2D eigenvalue weighted by Crippen LogP contribution is 2.37. The molecular formula is C28H27FN2O3. The third-order valence-electron chi connectivity index (χ3n) is 5.51. The number of hydrogen-bond acceptors (Lipinski definition) is 4. The fraction of sp³-hybridized carbons (Fsp3) is 0.214. The Morgan fingerprint density at radius 3 is 2.24 bits per heavy atom. The predicted octanol–water partition coefficient (Wildman–Crippen LogP) is 5.67. The Balaban J connectivity index is 1.82. The van der Waals surface area contributed by atoms with Crippen molar-refractivity contribution in [2.45, 2.75) is 20.8 Å². The van der Waals surface area contributed by atoms with E-state index in [-0.39, 0.29) is 17.0 Å². The molecule has 1 heterocycles. The van der Waals surface area contributed by atoms with E-state index in [0.717, 1.165) is 10.6 Å². The highest BCUT2D eigenvalue weighted by atomic mass is 19.1. The summed E-state index contributed by atoms with van der Waals surface area (Å²) in [6.45, 7) is 7.10. The van der Waals surface area contributed by atoms with E-state index in [1.807, 2.05) is 42.2 Å². The first-order chi connectivity index (χ1) is 16.4. The number of likely N-dealkylation sites (N-methyl/N-ethyl adjacent to an activating group) is 1. The van der Waals surface area contributed by atoms with E-state index in [2.05, 4.69) is 13.8 Å². The normalized spacial score (nSPS) is 13.7. The van der Waals surface area contributed by atoms with Gasteiger partial charge >= 0.3 is 0 Å². The van der Waals surface area contributed by atoms with Gasteiger partial charge in [0.1, 0.15) is 17.3 Å². The molecule has 0 fully saturated rings. The van der Waals surface area contributed by atoms with Gasteiger partial charge in [0.15, 0.2) is 0 Å². The van der Waals surface area contributed by atoms with Gasteiger partial charge in [0, 0.05) is 12.2 Å². The number of carbonyl (C=O) groups excluding carboxylic acids is 2. The molecule has 0 aromatic heterocycles. The van der Waals surface area contributed by atoms with Crippen molar-refractivity contribution in [3.63, 3.8) is 0 Å². The lowest BCUT2D eigenvalue weighted by Gasteiger charge is -2.25. The van der Waals surface area contributed by atoms with Crippen LogP contribution in [-0.4, -0.2) is 25.0 Å². The maximum absolute atomic E-state index is 14.0. The molecule has 174 valence electrons. The summed E-state index contributed by atoms with van der Waals surface area (Å²) in [6, 6.07) is 22.1. The van der Waals surface area contributed by atoms with Crippen molar-refractivity contribution in [3.8, 4) is 5.75 Å². The molecule has 0 saturated heterocycles. The Labute approximate surface area is 199 Å². The number of para-hydroxylation sites is 1. The third-order valence-corrected chi connectivity index (χ3v) is 5.51. The second-order valence-electron chi connectivity index (χ2n) is 8.46. The molecule has 0 N–H and O–H groups in total. The Hall–Kier alpha value is -3.93. The van der Waals surface area contributed by atoms with Crippen LogP contribution in [0, 0.1) is 11.7 Å². The Bertz CT molecular complexity index is 1220. The largest absolute Gasteiger partial charge is 0.493 e. The summed E-state index contributed by atoms with van der Waals surface area (Å²) in [5, 5.41) is 0. The number of imide groups is 1. The van der Waals surface area contributed by atoms with Crippen LogP contribution in [0.1, 0.15) is 26.3 Å². The molecule has 0 atom stereocenters. The molecule has 3 aromatic rings. The van der Waals surface area contributed by atoms with Crippen LogP contribution >= 0.6 is 0 Å². The van der Waals surface area contributed by atoms with Crippen LogP contribution in [0.15, 0.2) is 84.6 Å². The number of anilines is 2. The fourth-order valence-electron chi connectivity index (χ4n) is 3.94. The van der Waals surface area contributed by atoms with Crippen LogP contribution in [0.2, 0.25) is 0 Å². The molecular weight excluding hydrogens is 431 g/mol. The van der Waals surface area contributed by atoms with Gasteiger partial charge in [0.25, 0.3) is 11.8 Å². The zero-order valence-electron chi connectivity index (χ0n) is 19.5. The van der Waals surface area contributed by atoms with Crippen molar-refractivity contribution < 1.29 is 18.7 Å². The minimum atomic E-state index is -0.518. The summed E-state index contributed by atoms with van der Waals surface area (Å²) in [4.78, 5) is 30.2. The van der Waals surface area contributed by atoms with E-state index in [0.29, 0.717) is 30.4 Å². The minimum Gasteiger partial charge on any atom is -0.493 e. The summed E-state index contributed by atoms with van der Waals surface area (Å²) in [7, 11) is 0. The highest BCUT2D eigenvalue weighted by molar-refractivity contribution is 6.46. The molecule has 0 unspecified atom stereocenters. The zero-order valence-corrected chi connectivity index (χ0v) is 19.5. The van der Waals surface area contributed by atoms with Gasteiger partial charge in [-0.2, -0.15) is 0 Å². The van der Waals surface area contributed by atoms with Crippen molar-refractivity contribution >= 4 is 28.8 Å². The monoisotopic (exact) mass is 458 g/mol. The molecule has 5 nitrogen and oxygen atoms in total. The average molecular weight is 459 g/mol. The van der Waals surface area contributed by atoms with Crippen LogP contribution in [0.25, 0.3) is 5.57 Å². The first kappa shape index (κ1) is 23.2. The van der Waals surface area contributed by atoms with Gasteiger partial charge in [0.2, 0.25) is 0 Å². The Morgan fingerprint density at radius 1 is 0.912 bits per heavy atom. The van der Waals surface area contributed by atoms with Gasteiger partial charge in [-0.15, -0.1) is 0 Å². The third kappa shape index (κ3) is 4.57. The Morgan fingerprint density at radius 2 is 1.62 bits per heavy atom. The van der Waals surface area contributed by atoms with Gasteiger partial charge in [-0.05, 0) is 60.9 Å². The van der Waals surface area contributed by atoms with Gasteiger partial charge < -0.3 is 9.64 Å². The molecule has 0 saturated carbocycles. The fourth-order valence-corrected chi connectivity index (χ4v) is 3.94. The molecule has 0 spiro atoms. The second kappa shape index (κ2) is 9.91. The van der Waals surface area contributed by atoms with Crippen LogP contribution in [0.5, 0.6) is 5.75 Å². The summed E-state index contributed by atoms with van der Waals surface area (Å²) >= 11 is 0. The number of nitrogens with zero attached hydrogens (tertiary/aromatic N) is 2. The standard InChI is InChI=1S/C28H27FN2O3/c1-4-30(22-10-6-5-7-11-22)26-25(20-13-15-24(16-14-20)34-18-19(2)3)27(32)31(28(26)33)23-12-8-9-21(29)17-23/h5-17,19H,4,18H2,1-3H3. The molecule has 0 aliphatic carbocycles. The number of hydrogen-bond donors (Lipinski definition) is 0. The van der Waals surface area contributed by atoms with E-state index in [9.17, 15) is 14.0 Å². The smallest absolute Gasteiger partial charge is 0.282 e. The topological polar surface area (TPSA) is 49.9 Å². The van der Waals surface area contributed by atoms with Crippen LogP contribution in [-0.2, 0) is 9.59 Å². The SMILES string of the molecule is CCN(C1=C(c2ccc(OCC(C)C)cc2)C(=O)N(c2cccc(F)c2)C1=O)c1ccccc1. The summed E-state index contributed by atoms with van der Waals surface area (Å²) in [5.74, 6) is -0.428. The van der Waals surface area contributed by atoms with Gasteiger partial charge in [-0.1, -0.05) is 50.2 Å². The van der Waals surface area contributed by atoms with Crippen LogP contribution in [0.4, 0.5) is 15.8 Å². The van der Waals surface area contributed by atoms with E-state index in [1.54, 1.807) is 30.3 Å². The number of benzene rings is 3. The predicted molar refractivity (Wildman–Crippen MR) is 132 cm³/mol. The molecule has 0 bridgehead atoms. The summed E-state index contributed by atoms with van der Waals surface area (Å²) < 4.78 is 19.7. The lowest BCUT2D eigenvalue weighted by molar-refractivity contribution is -0.120. The molecule has 3 aromatic carbocycles. The van der Waals surface area contributed by atoms with Gasteiger partial charge in [-0.3, -0.25) is 9.59 Å². The maximum Gasteiger partial charge on any atom is 0.282 e. The molecule has 6 heteroatoms. The first-order valence-electron chi connectivity index (χ1n) is 11.3. The Kier molecular flexibility index (Phi) is 6.77. The molecule has 0 radical (unpaired) electrons. The molecule has 1 aliphatic rings. The van der Waals surface area contributed by atoms with Crippen LogP contribution < -0.4 is 14.5 Å². The summed E-state index contributed by atoms with van der Waals surface area (Å²) in [6.07, 6.45) is 0. The number of ether oxygens (including phenoxy) is 1. The average Bonchev–Trinajstić information content (AvgIpc) is 3.09. The van der Waals surface area contributed by atoms with Crippen LogP contribution in [0.3, 0.4) is 0 Å². The second-order valence-corrected chi connectivity index (χ2v) is 8.46. The number of amides is 2. The van der Waals surface area contributed by atoms with Gasteiger partial charge in [-0.25, -0.2) is 9.29 Å². The minimum absolute atomic E-state index is 0.198. The number of rotatable bonds is 8. The number of carbonyl (C=O) groups is 2. The lowest BCUT2D eigenvalue weighted by atomic mass is 10.0. The highest BCUT2D eigenvalue weighted by Gasteiger charge is 2.42. The molecule has 4 rings (SSSR count). The van der Waals surface area contributed by atoms with Crippen molar-refractivity contribution in [1.29, 1.82) is 0 Å². The van der Waals surface area contributed by atoms with Crippen molar-refractivity contribution in [3.05, 3.63) is 95.9 Å². The van der Waals surface area contributed by atoms with Crippen molar-refractivity contribution in [2.24, 2.45) is 5.92 Å². The van der Waals surface area contributed by atoms with E-state index in [1.165, 1.54) is 18.2 Å². The van der Waals surface area contributed by atoms with E-state index in [4.69, 9.17) is 4.74 Å². The molecule has 1 aliphatic heterocycles. The van der Waals surface area contributed by atoms with E-state index >= 15 is 0 Å². The van der Waals surface area contributed by atoms with Crippen molar-refractivity contribution in [2.75, 3.05) is 23.0 Å². The molecule has 2 amide bonds. The first-order valence-corrected chi connectivity index (χ1v) is 11.3. The van der Waals surface area contributed by atoms with E-state index < -0.39 is 17.6 Å². The zero-order chi connectivity index (χ0) is 24.2. The molecule has 34 heavy (non-hydrogen) atoms. The summed E-state index contributed by atoms with van der Waals surface area (Å²) in [5.41, 5.74) is 2.12. The number of halogens is 1. The lowest BCUT2D eigenvalue weighted by Crippen LogP contribution is -2.35. The maximum atomic E-state index is 14.0. The van der Waals surface area contributed by atoms with Crippen molar-refractivity contribution in [1.82, 2.24) is 0 Å². The van der Waals surface area contributed by atoms with Gasteiger partial charge in [0.05, 0.1) is 17.9 Å².